The van der Waals surface area contributed by atoms with Gasteiger partial charge in [0.25, 0.3) is 0 Å². The summed E-state index contributed by atoms with van der Waals surface area (Å²) >= 11 is 0. The zero-order valence-corrected chi connectivity index (χ0v) is 6.68. The lowest BCUT2D eigenvalue weighted by Gasteiger charge is -2.24. The van der Waals surface area contributed by atoms with Gasteiger partial charge in [-0.05, 0) is 6.42 Å². The summed E-state index contributed by atoms with van der Waals surface area (Å²) in [6.45, 7) is 2.94. The van der Waals surface area contributed by atoms with E-state index in [1.54, 1.807) is 0 Å². The molecule has 0 heterocycles. The number of carboxylic acid groups (broad SMARTS) is 1. The van der Waals surface area contributed by atoms with E-state index >= 15 is 0 Å². The first-order valence-electron chi connectivity index (χ1n) is 2.83. The van der Waals surface area contributed by atoms with Crippen LogP contribution in [-0.4, -0.2) is 17.7 Å². The van der Waals surface area contributed by atoms with E-state index in [0.717, 1.165) is 0 Å². The van der Waals surface area contributed by atoms with Gasteiger partial charge in [0.2, 0.25) is 0 Å². The molecule has 0 amide bonds. The number of quaternary nitrogens is 1. The molecular formula is C6H15NO3. The topological polar surface area (TPSA) is 96.9 Å². The Labute approximate surface area is 60.4 Å². The SMILES string of the molecule is CC(C)(CCO)C(=O)[O-].[NH4+]. The van der Waals surface area contributed by atoms with Gasteiger partial charge in [0.05, 0.1) is 0 Å². The first kappa shape index (κ1) is 12.1. The maximum Gasteiger partial charge on any atom is 0.0471 e. The minimum absolute atomic E-state index is 0. The van der Waals surface area contributed by atoms with Crippen LogP contribution in [0.15, 0.2) is 0 Å². The fraction of sp³-hybridized carbons (Fsp3) is 0.833. The fourth-order valence-corrected chi connectivity index (χ4v) is 0.382. The summed E-state index contributed by atoms with van der Waals surface area (Å²) in [6.07, 6.45) is 0.245. The summed E-state index contributed by atoms with van der Waals surface area (Å²) in [5.41, 5.74) is -0.894. The highest BCUT2D eigenvalue weighted by atomic mass is 16.4. The summed E-state index contributed by atoms with van der Waals surface area (Å²) in [7, 11) is 0. The van der Waals surface area contributed by atoms with Crippen molar-refractivity contribution in [1.29, 1.82) is 0 Å². The normalized spacial score (nSPS) is 10.3. The highest BCUT2D eigenvalue weighted by molar-refractivity contribution is 5.71. The average molecular weight is 149 g/mol. The van der Waals surface area contributed by atoms with E-state index in [9.17, 15) is 9.90 Å². The highest BCUT2D eigenvalue weighted by Crippen LogP contribution is 2.17. The number of rotatable bonds is 3. The summed E-state index contributed by atoms with van der Waals surface area (Å²) in [5, 5.41) is 18.5. The molecule has 0 saturated carbocycles. The predicted octanol–water partition coefficient (Wildman–Crippen LogP) is -0.479. The highest BCUT2D eigenvalue weighted by Gasteiger charge is 2.17. The van der Waals surface area contributed by atoms with Crippen LogP contribution >= 0.6 is 0 Å². The standard InChI is InChI=1S/C6H12O3.H3N/c1-6(2,3-4-7)5(8)9;/h7H,3-4H2,1-2H3,(H,8,9);1H3. The van der Waals surface area contributed by atoms with Crippen LogP contribution < -0.4 is 11.3 Å². The number of hydrogen-bond donors (Lipinski definition) is 2. The third kappa shape index (κ3) is 3.42. The molecule has 4 heteroatoms. The van der Waals surface area contributed by atoms with Gasteiger partial charge < -0.3 is 21.2 Å². The number of carbonyl (C=O) groups is 1. The third-order valence-corrected chi connectivity index (χ3v) is 1.29. The van der Waals surface area contributed by atoms with Gasteiger partial charge >= 0.3 is 0 Å². The van der Waals surface area contributed by atoms with Crippen LogP contribution in [0.4, 0.5) is 0 Å². The summed E-state index contributed by atoms with van der Waals surface area (Å²) in [5.74, 6) is -1.11. The largest absolute Gasteiger partial charge is 0.550 e. The van der Waals surface area contributed by atoms with E-state index in [-0.39, 0.29) is 19.2 Å². The van der Waals surface area contributed by atoms with Crippen molar-refractivity contribution in [1.82, 2.24) is 6.15 Å². The van der Waals surface area contributed by atoms with E-state index in [0.29, 0.717) is 0 Å². The Morgan fingerprint density at radius 3 is 2.10 bits per heavy atom. The smallest absolute Gasteiger partial charge is 0.0471 e. The van der Waals surface area contributed by atoms with Crippen molar-refractivity contribution < 1.29 is 15.0 Å². The molecule has 0 spiro atoms. The number of aliphatic carboxylic acids is 1. The monoisotopic (exact) mass is 149 g/mol. The molecule has 0 atom stereocenters. The molecule has 0 rings (SSSR count). The van der Waals surface area contributed by atoms with Crippen LogP contribution in [0.2, 0.25) is 0 Å². The second-order valence-corrected chi connectivity index (χ2v) is 2.64. The lowest BCUT2D eigenvalue weighted by molar-refractivity contribution is -0.318. The first-order chi connectivity index (χ1) is 4.00. The molecular weight excluding hydrogens is 134 g/mol. The number of carbonyl (C=O) groups excluding carboxylic acids is 1. The van der Waals surface area contributed by atoms with Gasteiger partial charge in [0, 0.05) is 18.0 Å². The molecule has 0 unspecified atom stereocenters. The van der Waals surface area contributed by atoms with Gasteiger partial charge in [-0.1, -0.05) is 13.8 Å². The van der Waals surface area contributed by atoms with Crippen LogP contribution in [0.3, 0.4) is 0 Å². The van der Waals surface area contributed by atoms with Gasteiger partial charge in [0.15, 0.2) is 0 Å². The first-order valence-corrected chi connectivity index (χ1v) is 2.83. The van der Waals surface area contributed by atoms with E-state index in [1.165, 1.54) is 13.8 Å². The van der Waals surface area contributed by atoms with Gasteiger partial charge in [-0.25, -0.2) is 0 Å². The molecule has 5 N–H and O–H groups in total. The minimum Gasteiger partial charge on any atom is -0.550 e. The van der Waals surface area contributed by atoms with Crippen molar-refractivity contribution in [3.8, 4) is 0 Å². The van der Waals surface area contributed by atoms with Crippen molar-refractivity contribution in [3.63, 3.8) is 0 Å². The van der Waals surface area contributed by atoms with Gasteiger partial charge in [-0.2, -0.15) is 0 Å². The second-order valence-electron chi connectivity index (χ2n) is 2.64. The fourth-order valence-electron chi connectivity index (χ4n) is 0.382. The van der Waals surface area contributed by atoms with E-state index in [4.69, 9.17) is 5.11 Å². The molecule has 0 bridgehead atoms. The van der Waals surface area contributed by atoms with E-state index in [1.807, 2.05) is 0 Å². The van der Waals surface area contributed by atoms with Crippen LogP contribution in [-0.2, 0) is 4.79 Å². The van der Waals surface area contributed by atoms with Crippen molar-refractivity contribution >= 4 is 5.97 Å². The molecule has 62 valence electrons. The third-order valence-electron chi connectivity index (χ3n) is 1.29. The van der Waals surface area contributed by atoms with Crippen molar-refractivity contribution in [2.24, 2.45) is 5.41 Å². The zero-order chi connectivity index (χ0) is 7.49. The summed E-state index contributed by atoms with van der Waals surface area (Å²) < 4.78 is 0. The maximum absolute atomic E-state index is 10.2. The zero-order valence-electron chi connectivity index (χ0n) is 6.68. The van der Waals surface area contributed by atoms with Crippen molar-refractivity contribution in [2.75, 3.05) is 6.61 Å². The molecule has 0 aromatic rings. The molecule has 0 saturated heterocycles. The number of hydrogen-bond acceptors (Lipinski definition) is 3. The minimum atomic E-state index is -1.11. The maximum atomic E-state index is 10.2. The lowest BCUT2D eigenvalue weighted by atomic mass is 9.90. The van der Waals surface area contributed by atoms with Crippen LogP contribution in [0.1, 0.15) is 20.3 Å². The lowest BCUT2D eigenvalue weighted by Crippen LogP contribution is -2.38. The Morgan fingerprint density at radius 1 is 1.60 bits per heavy atom. The number of aliphatic hydroxyl groups is 1. The van der Waals surface area contributed by atoms with E-state index < -0.39 is 11.4 Å². The summed E-state index contributed by atoms with van der Waals surface area (Å²) in [6, 6.07) is 0. The Balaban J connectivity index is 0. The second kappa shape index (κ2) is 4.24. The molecule has 0 aliphatic heterocycles. The van der Waals surface area contributed by atoms with Gasteiger partial charge in [-0.3, -0.25) is 0 Å². The van der Waals surface area contributed by atoms with Crippen LogP contribution in [0, 0.1) is 5.41 Å². The molecule has 0 fully saturated rings. The van der Waals surface area contributed by atoms with Crippen LogP contribution in [0.5, 0.6) is 0 Å². The molecule has 0 aliphatic carbocycles. The molecule has 0 aromatic carbocycles. The quantitative estimate of drug-likeness (QED) is 0.567. The van der Waals surface area contributed by atoms with Crippen molar-refractivity contribution in [2.45, 2.75) is 20.3 Å². The average Bonchev–Trinajstić information content (AvgIpc) is 1.65. The molecule has 4 nitrogen and oxygen atoms in total. The molecule has 10 heavy (non-hydrogen) atoms. The number of aliphatic hydroxyl groups excluding tert-OH is 1. The Kier molecular flexibility index (Phi) is 5.14. The van der Waals surface area contributed by atoms with Crippen molar-refractivity contribution in [3.05, 3.63) is 0 Å². The van der Waals surface area contributed by atoms with Gasteiger partial charge in [0.1, 0.15) is 0 Å². The Morgan fingerprint density at radius 2 is 2.00 bits per heavy atom. The van der Waals surface area contributed by atoms with Gasteiger partial charge in [-0.15, -0.1) is 0 Å². The molecule has 0 radical (unpaired) electrons. The Bertz CT molecular complexity index is 112. The number of carboxylic acids is 1. The van der Waals surface area contributed by atoms with Crippen LogP contribution in [0.25, 0.3) is 0 Å². The Hall–Kier alpha value is -0.610. The molecule has 0 aliphatic rings. The molecule has 0 aromatic heterocycles. The predicted molar refractivity (Wildman–Crippen MR) is 36.5 cm³/mol. The summed E-state index contributed by atoms with van der Waals surface area (Å²) in [4.78, 5) is 10.2. The van der Waals surface area contributed by atoms with E-state index in [2.05, 4.69) is 0 Å².